The molecule has 1 aromatic rings. The van der Waals surface area contributed by atoms with Crippen LogP contribution in [-0.4, -0.2) is 0 Å². The van der Waals surface area contributed by atoms with Gasteiger partial charge in [-0.05, 0) is 40.4 Å². The van der Waals surface area contributed by atoms with Gasteiger partial charge in [0.1, 0.15) is 0 Å². The van der Waals surface area contributed by atoms with Gasteiger partial charge in [-0.25, -0.2) is 0 Å². The van der Waals surface area contributed by atoms with E-state index in [1.54, 1.807) is 0 Å². The predicted octanol–water partition coefficient (Wildman–Crippen LogP) is 6.51. The van der Waals surface area contributed by atoms with Crippen LogP contribution in [-0.2, 0) is 0 Å². The zero-order valence-corrected chi connectivity index (χ0v) is 14.3. The molecular weight excluding hydrogens is 252 g/mol. The minimum atomic E-state index is 0.110. The van der Waals surface area contributed by atoms with Crippen LogP contribution in [0.25, 0.3) is 0 Å². The maximum Gasteiger partial charge on any atom is 0.0615 e. The molecule has 0 N–H and O–H groups in total. The predicted molar refractivity (Wildman–Crippen MR) is 87.2 cm³/mol. The summed E-state index contributed by atoms with van der Waals surface area (Å²) < 4.78 is 0. The Morgan fingerprint density at radius 2 is 1.37 bits per heavy atom. The van der Waals surface area contributed by atoms with E-state index in [1.807, 2.05) is 0 Å². The number of benzene rings is 1. The van der Waals surface area contributed by atoms with Gasteiger partial charge in [-0.3, -0.25) is 0 Å². The average molecular weight is 281 g/mol. The molecule has 0 radical (unpaired) electrons. The minimum Gasteiger partial charge on any atom is -0.118 e. The fourth-order valence-electron chi connectivity index (χ4n) is 2.32. The summed E-state index contributed by atoms with van der Waals surface area (Å²) in [5.41, 5.74) is 4.15. The lowest BCUT2D eigenvalue weighted by Crippen LogP contribution is -2.13. The molecule has 19 heavy (non-hydrogen) atoms. The monoisotopic (exact) mass is 280 g/mol. The van der Waals surface area contributed by atoms with Gasteiger partial charge in [0.25, 0.3) is 0 Å². The summed E-state index contributed by atoms with van der Waals surface area (Å²) in [4.78, 5) is 0. The van der Waals surface area contributed by atoms with Gasteiger partial charge in [0.15, 0.2) is 0 Å². The largest absolute Gasteiger partial charge is 0.118 e. The van der Waals surface area contributed by atoms with Gasteiger partial charge < -0.3 is 0 Å². The molecule has 2 atom stereocenters. The quantitative estimate of drug-likeness (QED) is 0.540. The van der Waals surface area contributed by atoms with Crippen molar-refractivity contribution in [2.75, 3.05) is 0 Å². The van der Waals surface area contributed by atoms with E-state index >= 15 is 0 Å². The number of rotatable bonds is 5. The van der Waals surface area contributed by atoms with Crippen LogP contribution in [0.4, 0.5) is 0 Å². The molecule has 0 aliphatic rings. The molecule has 2 unspecified atom stereocenters. The SMILES string of the molecule is CC(C)c1ccc(C(Cl)C(C)C(C)C)c(C(C)C)c1. The molecule has 0 aliphatic heterocycles. The Kier molecular flexibility index (Phi) is 5.92. The summed E-state index contributed by atoms with van der Waals surface area (Å²) in [6, 6.07) is 6.85. The van der Waals surface area contributed by atoms with Gasteiger partial charge in [-0.15, -0.1) is 11.6 Å². The van der Waals surface area contributed by atoms with Crippen molar-refractivity contribution in [2.45, 2.75) is 65.7 Å². The van der Waals surface area contributed by atoms with Gasteiger partial charge in [0, 0.05) is 0 Å². The lowest BCUT2D eigenvalue weighted by molar-refractivity contribution is 0.404. The highest BCUT2D eigenvalue weighted by molar-refractivity contribution is 6.21. The van der Waals surface area contributed by atoms with E-state index in [9.17, 15) is 0 Å². The lowest BCUT2D eigenvalue weighted by atomic mass is 9.84. The number of hydrogen-bond acceptors (Lipinski definition) is 0. The molecule has 1 heteroatoms. The van der Waals surface area contributed by atoms with Crippen LogP contribution in [0.1, 0.15) is 82.4 Å². The first kappa shape index (κ1) is 16.6. The number of hydrogen-bond donors (Lipinski definition) is 0. The van der Waals surface area contributed by atoms with E-state index in [4.69, 9.17) is 11.6 Å². The second-order valence-corrected chi connectivity index (χ2v) is 7.17. The van der Waals surface area contributed by atoms with Crippen molar-refractivity contribution in [1.29, 1.82) is 0 Å². The van der Waals surface area contributed by atoms with Crippen molar-refractivity contribution < 1.29 is 0 Å². The molecule has 0 aliphatic carbocycles. The fraction of sp³-hybridized carbons (Fsp3) is 0.667. The maximum absolute atomic E-state index is 6.73. The summed E-state index contributed by atoms with van der Waals surface area (Å²) in [5, 5.41) is 0.110. The summed E-state index contributed by atoms with van der Waals surface area (Å²) in [6.45, 7) is 15.7. The molecule has 1 rings (SSSR count). The normalized spacial score (nSPS) is 15.3. The first-order valence-electron chi connectivity index (χ1n) is 7.53. The maximum atomic E-state index is 6.73. The smallest absolute Gasteiger partial charge is 0.0615 e. The van der Waals surface area contributed by atoms with Crippen molar-refractivity contribution in [2.24, 2.45) is 11.8 Å². The first-order valence-corrected chi connectivity index (χ1v) is 7.97. The molecule has 0 aromatic heterocycles. The first-order chi connectivity index (χ1) is 8.75. The van der Waals surface area contributed by atoms with Crippen LogP contribution >= 0.6 is 11.6 Å². The second kappa shape index (κ2) is 6.79. The van der Waals surface area contributed by atoms with Gasteiger partial charge in [0.05, 0.1) is 5.38 Å². The van der Waals surface area contributed by atoms with Crippen molar-refractivity contribution in [3.8, 4) is 0 Å². The molecule has 108 valence electrons. The molecule has 0 bridgehead atoms. The molecule has 0 nitrogen and oxygen atoms in total. The van der Waals surface area contributed by atoms with Gasteiger partial charge >= 0.3 is 0 Å². The third kappa shape index (κ3) is 3.99. The van der Waals surface area contributed by atoms with E-state index in [2.05, 4.69) is 66.7 Å². The van der Waals surface area contributed by atoms with E-state index in [0.29, 0.717) is 23.7 Å². The van der Waals surface area contributed by atoms with Crippen LogP contribution in [0.3, 0.4) is 0 Å². The topological polar surface area (TPSA) is 0 Å². The molecule has 0 saturated heterocycles. The number of halogens is 1. The van der Waals surface area contributed by atoms with Gasteiger partial charge in [0.2, 0.25) is 0 Å². The van der Waals surface area contributed by atoms with Crippen molar-refractivity contribution >= 4 is 11.6 Å². The van der Waals surface area contributed by atoms with Crippen LogP contribution in [0.2, 0.25) is 0 Å². The molecule has 0 amide bonds. The highest BCUT2D eigenvalue weighted by atomic mass is 35.5. The van der Waals surface area contributed by atoms with Crippen molar-refractivity contribution in [3.05, 3.63) is 34.9 Å². The van der Waals surface area contributed by atoms with Crippen LogP contribution in [0.5, 0.6) is 0 Å². The Morgan fingerprint density at radius 1 is 0.789 bits per heavy atom. The van der Waals surface area contributed by atoms with Crippen LogP contribution in [0.15, 0.2) is 18.2 Å². The standard InChI is InChI=1S/C18H29Cl/c1-11(2)14(7)18(19)16-9-8-15(12(3)4)10-17(16)13(5)6/h8-14,18H,1-7H3. The summed E-state index contributed by atoms with van der Waals surface area (Å²) in [5.74, 6) is 2.19. The van der Waals surface area contributed by atoms with E-state index in [-0.39, 0.29) is 5.38 Å². The zero-order valence-electron chi connectivity index (χ0n) is 13.5. The van der Waals surface area contributed by atoms with Crippen molar-refractivity contribution in [1.82, 2.24) is 0 Å². The van der Waals surface area contributed by atoms with Crippen LogP contribution in [0, 0.1) is 11.8 Å². The van der Waals surface area contributed by atoms with E-state index in [1.165, 1.54) is 16.7 Å². The third-order valence-corrected chi connectivity index (χ3v) is 4.84. The third-order valence-electron chi connectivity index (χ3n) is 4.21. The van der Waals surface area contributed by atoms with E-state index in [0.717, 1.165) is 0 Å². The highest BCUT2D eigenvalue weighted by Crippen LogP contribution is 2.38. The average Bonchev–Trinajstić information content (AvgIpc) is 2.35. The summed E-state index contributed by atoms with van der Waals surface area (Å²) in [7, 11) is 0. The Balaban J connectivity index is 3.20. The molecular formula is C18H29Cl. The zero-order chi connectivity index (χ0) is 14.7. The van der Waals surface area contributed by atoms with Crippen LogP contribution < -0.4 is 0 Å². The lowest BCUT2D eigenvalue weighted by Gasteiger charge is -2.26. The minimum absolute atomic E-state index is 0.110. The summed E-state index contributed by atoms with van der Waals surface area (Å²) >= 11 is 6.73. The Labute approximate surface area is 124 Å². The Bertz CT molecular complexity index is 404. The molecule has 0 saturated carbocycles. The highest BCUT2D eigenvalue weighted by Gasteiger charge is 2.23. The van der Waals surface area contributed by atoms with E-state index < -0.39 is 0 Å². The Hall–Kier alpha value is -0.490. The number of alkyl halides is 1. The molecule has 0 fully saturated rings. The fourth-order valence-corrected chi connectivity index (χ4v) is 2.81. The second-order valence-electron chi connectivity index (χ2n) is 6.70. The molecule has 0 heterocycles. The van der Waals surface area contributed by atoms with Gasteiger partial charge in [-0.2, -0.15) is 0 Å². The van der Waals surface area contributed by atoms with Crippen molar-refractivity contribution in [3.63, 3.8) is 0 Å². The molecule has 1 aromatic carbocycles. The van der Waals surface area contributed by atoms with Gasteiger partial charge in [-0.1, -0.05) is 66.7 Å². The summed E-state index contributed by atoms with van der Waals surface area (Å²) in [6.07, 6.45) is 0. The molecule has 0 spiro atoms. The Morgan fingerprint density at radius 3 is 1.79 bits per heavy atom.